The van der Waals surface area contributed by atoms with Gasteiger partial charge in [-0.2, -0.15) is 4.98 Å². The molecule has 0 spiro atoms. The van der Waals surface area contributed by atoms with Crippen LogP contribution in [-0.2, 0) is 11.3 Å². The summed E-state index contributed by atoms with van der Waals surface area (Å²) in [5.41, 5.74) is 0.0925. The molecule has 0 radical (unpaired) electrons. The highest BCUT2D eigenvalue weighted by atomic mass is 16.3. The molecule has 114 valence electrons. The summed E-state index contributed by atoms with van der Waals surface area (Å²) in [6.07, 6.45) is 1.50. The molecule has 1 atom stereocenters. The van der Waals surface area contributed by atoms with Crippen LogP contribution in [0.4, 0.5) is 5.95 Å². The second-order valence-corrected chi connectivity index (χ2v) is 5.19. The van der Waals surface area contributed by atoms with Gasteiger partial charge >= 0.3 is 0 Å². The van der Waals surface area contributed by atoms with E-state index in [0.29, 0.717) is 18.6 Å². The van der Waals surface area contributed by atoms with Crippen LogP contribution in [0.15, 0.2) is 11.1 Å². The molecule has 0 saturated heterocycles. The number of hydrogen-bond acceptors (Lipinski definition) is 5. The lowest BCUT2D eigenvalue weighted by Crippen LogP contribution is -2.22. The number of nitrogens with zero attached hydrogens (tertiary/aromatic N) is 3. The van der Waals surface area contributed by atoms with Crippen LogP contribution in [0.2, 0.25) is 0 Å². The number of aromatic amines is 1. The zero-order chi connectivity index (χ0) is 15.6. The lowest BCUT2D eigenvalue weighted by atomic mass is 10.2. The monoisotopic (exact) mass is 293 g/mol. The molecule has 8 heteroatoms. The molecule has 8 nitrogen and oxygen atoms in total. The van der Waals surface area contributed by atoms with E-state index in [4.69, 9.17) is 0 Å². The van der Waals surface area contributed by atoms with Crippen LogP contribution in [0.5, 0.6) is 0 Å². The van der Waals surface area contributed by atoms with Crippen molar-refractivity contribution < 1.29 is 9.90 Å². The highest BCUT2D eigenvalue weighted by molar-refractivity contribution is 5.91. The number of aliphatic hydroxyl groups is 1. The molecule has 2 aromatic heterocycles. The van der Waals surface area contributed by atoms with Crippen molar-refractivity contribution in [1.29, 1.82) is 0 Å². The van der Waals surface area contributed by atoms with Crippen LogP contribution >= 0.6 is 0 Å². The predicted octanol–water partition coefficient (Wildman–Crippen LogP) is 0.485. The third kappa shape index (κ3) is 3.27. The molecule has 0 bridgehead atoms. The average molecular weight is 293 g/mol. The van der Waals surface area contributed by atoms with Crippen molar-refractivity contribution in [2.24, 2.45) is 5.92 Å². The fourth-order valence-electron chi connectivity index (χ4n) is 1.76. The molecule has 1 amide bonds. The number of imidazole rings is 1. The average Bonchev–Trinajstić information content (AvgIpc) is 2.82. The van der Waals surface area contributed by atoms with E-state index < -0.39 is 11.7 Å². The number of aromatic nitrogens is 4. The highest BCUT2D eigenvalue weighted by Gasteiger charge is 2.14. The minimum absolute atomic E-state index is 0.0824. The number of rotatable bonds is 5. The summed E-state index contributed by atoms with van der Waals surface area (Å²) in [5, 5.41) is 12.3. The maximum Gasteiger partial charge on any atom is 0.280 e. The van der Waals surface area contributed by atoms with Gasteiger partial charge in [-0.3, -0.25) is 19.9 Å². The Morgan fingerprint density at radius 2 is 2.24 bits per heavy atom. The Kier molecular flexibility index (Phi) is 4.37. The fourth-order valence-corrected chi connectivity index (χ4v) is 1.76. The van der Waals surface area contributed by atoms with Gasteiger partial charge in [0.25, 0.3) is 5.56 Å². The van der Waals surface area contributed by atoms with E-state index in [0.717, 1.165) is 0 Å². The highest BCUT2D eigenvalue weighted by Crippen LogP contribution is 2.10. The Hall–Kier alpha value is -2.22. The number of hydrogen-bond donors (Lipinski definition) is 3. The predicted molar refractivity (Wildman–Crippen MR) is 77.9 cm³/mol. The van der Waals surface area contributed by atoms with Crippen LogP contribution in [0.25, 0.3) is 11.2 Å². The number of carbonyl (C=O) groups excluding carboxylic acids is 1. The van der Waals surface area contributed by atoms with Crippen LogP contribution in [0.1, 0.15) is 27.2 Å². The van der Waals surface area contributed by atoms with E-state index >= 15 is 0 Å². The van der Waals surface area contributed by atoms with Gasteiger partial charge in [-0.1, -0.05) is 20.8 Å². The third-order valence-corrected chi connectivity index (χ3v) is 3.12. The molecule has 21 heavy (non-hydrogen) atoms. The number of H-pyrrole nitrogens is 1. The molecule has 0 aliphatic heterocycles. The van der Waals surface area contributed by atoms with Gasteiger partial charge in [-0.05, 0) is 6.42 Å². The molecule has 2 heterocycles. The molecular formula is C13H19N5O3. The third-order valence-electron chi connectivity index (χ3n) is 3.12. The van der Waals surface area contributed by atoms with Crippen molar-refractivity contribution in [2.45, 2.75) is 39.8 Å². The SMILES string of the molecule is CC[C@@H](O)Cn1cnc2c(=O)[nH]c(NC(=O)C(C)C)nc21. The van der Waals surface area contributed by atoms with E-state index in [1.54, 1.807) is 18.4 Å². The molecular weight excluding hydrogens is 274 g/mol. The van der Waals surface area contributed by atoms with Crippen LogP contribution in [0, 0.1) is 5.92 Å². The maximum atomic E-state index is 11.9. The number of anilines is 1. The molecule has 0 unspecified atom stereocenters. The Bertz CT molecular complexity index is 703. The first-order valence-electron chi connectivity index (χ1n) is 6.86. The quantitative estimate of drug-likeness (QED) is 0.742. The minimum Gasteiger partial charge on any atom is -0.391 e. The summed E-state index contributed by atoms with van der Waals surface area (Å²) in [4.78, 5) is 34.3. The van der Waals surface area contributed by atoms with E-state index in [2.05, 4.69) is 20.3 Å². The van der Waals surface area contributed by atoms with Crippen LogP contribution in [-0.4, -0.2) is 36.6 Å². The summed E-state index contributed by atoms with van der Waals surface area (Å²) < 4.78 is 1.60. The Morgan fingerprint density at radius 3 is 2.86 bits per heavy atom. The van der Waals surface area contributed by atoms with E-state index in [1.807, 2.05) is 6.92 Å². The lowest BCUT2D eigenvalue weighted by Gasteiger charge is -2.10. The standard InChI is InChI=1S/C13H19N5O3/c1-4-8(19)5-18-6-14-9-10(18)15-13(17-12(9)21)16-11(20)7(2)3/h6-8,19H,4-5H2,1-3H3,(H2,15,16,17,20,21)/t8-/m1/s1. The normalized spacial score (nSPS) is 12.8. The van der Waals surface area contributed by atoms with Crippen molar-refractivity contribution in [1.82, 2.24) is 19.5 Å². The molecule has 0 saturated carbocycles. The zero-order valence-electron chi connectivity index (χ0n) is 12.3. The molecule has 3 N–H and O–H groups in total. The molecule has 0 aromatic carbocycles. The van der Waals surface area contributed by atoms with Gasteiger partial charge in [0.05, 0.1) is 19.0 Å². The van der Waals surface area contributed by atoms with Gasteiger partial charge in [0.2, 0.25) is 11.9 Å². The summed E-state index contributed by atoms with van der Waals surface area (Å²) in [5.74, 6) is -0.381. The summed E-state index contributed by atoms with van der Waals surface area (Å²) in [6, 6.07) is 0. The molecule has 0 aliphatic rings. The number of amides is 1. The van der Waals surface area contributed by atoms with E-state index in [9.17, 15) is 14.7 Å². The number of fused-ring (bicyclic) bond motifs is 1. The van der Waals surface area contributed by atoms with Crippen molar-refractivity contribution in [3.63, 3.8) is 0 Å². The van der Waals surface area contributed by atoms with Crippen molar-refractivity contribution in [2.75, 3.05) is 5.32 Å². The van der Waals surface area contributed by atoms with Crippen LogP contribution in [0.3, 0.4) is 0 Å². The minimum atomic E-state index is -0.544. The Morgan fingerprint density at radius 1 is 1.52 bits per heavy atom. The summed E-state index contributed by atoms with van der Waals surface area (Å²) in [6.45, 7) is 5.64. The second kappa shape index (κ2) is 6.04. The van der Waals surface area contributed by atoms with E-state index in [1.165, 1.54) is 6.33 Å². The van der Waals surface area contributed by atoms with Gasteiger partial charge in [0.15, 0.2) is 11.2 Å². The van der Waals surface area contributed by atoms with Crippen LogP contribution < -0.4 is 10.9 Å². The van der Waals surface area contributed by atoms with E-state index in [-0.39, 0.29) is 23.3 Å². The lowest BCUT2D eigenvalue weighted by molar-refractivity contribution is -0.118. The molecule has 0 aliphatic carbocycles. The number of aliphatic hydroxyl groups excluding tert-OH is 1. The van der Waals surface area contributed by atoms with Crippen molar-refractivity contribution >= 4 is 23.0 Å². The van der Waals surface area contributed by atoms with Gasteiger partial charge in [-0.25, -0.2) is 4.98 Å². The molecule has 2 aromatic rings. The first-order valence-corrected chi connectivity index (χ1v) is 6.86. The maximum absolute atomic E-state index is 11.9. The Balaban J connectivity index is 2.40. The smallest absolute Gasteiger partial charge is 0.280 e. The summed E-state index contributed by atoms with van der Waals surface area (Å²) in [7, 11) is 0. The summed E-state index contributed by atoms with van der Waals surface area (Å²) >= 11 is 0. The Labute approximate surface area is 121 Å². The van der Waals surface area contributed by atoms with Crippen molar-refractivity contribution in [3.05, 3.63) is 16.7 Å². The molecule has 0 fully saturated rings. The van der Waals surface area contributed by atoms with Crippen molar-refractivity contribution in [3.8, 4) is 0 Å². The number of nitrogens with one attached hydrogen (secondary N) is 2. The first kappa shape index (κ1) is 15.2. The first-order chi connectivity index (χ1) is 9.92. The topological polar surface area (TPSA) is 113 Å². The molecule has 2 rings (SSSR count). The number of carbonyl (C=O) groups is 1. The van der Waals surface area contributed by atoms with Gasteiger partial charge in [0.1, 0.15) is 0 Å². The van der Waals surface area contributed by atoms with Gasteiger partial charge < -0.3 is 9.67 Å². The largest absolute Gasteiger partial charge is 0.391 e. The fraction of sp³-hybridized carbons (Fsp3) is 0.538. The van der Waals surface area contributed by atoms with Gasteiger partial charge in [-0.15, -0.1) is 0 Å². The second-order valence-electron chi connectivity index (χ2n) is 5.19. The van der Waals surface area contributed by atoms with Gasteiger partial charge in [0, 0.05) is 5.92 Å². The zero-order valence-corrected chi connectivity index (χ0v) is 12.3.